The van der Waals surface area contributed by atoms with Gasteiger partial charge in [-0.15, -0.1) is 0 Å². The Morgan fingerprint density at radius 2 is 2.33 bits per heavy atom. The highest BCUT2D eigenvalue weighted by molar-refractivity contribution is 5.10. The minimum atomic E-state index is 1.01. The maximum atomic E-state index is 5.05. The van der Waals surface area contributed by atoms with Crippen LogP contribution in [0, 0.1) is 0 Å². The molecule has 0 fully saturated rings. The quantitative estimate of drug-likeness (QED) is 0.471. The van der Waals surface area contributed by atoms with Crippen LogP contribution in [0.15, 0.2) is 24.4 Å². The third-order valence-corrected chi connectivity index (χ3v) is 0.585. The van der Waals surface area contributed by atoms with Crippen LogP contribution in [-0.2, 0) is 0 Å². The maximum Gasteiger partial charge on any atom is -0.00328 e. The molecule has 0 aliphatic rings. The molecule has 0 rings (SSSR count). The molecule has 0 atom stereocenters. The summed E-state index contributed by atoms with van der Waals surface area (Å²) >= 11 is 0. The van der Waals surface area contributed by atoms with E-state index in [0.29, 0.717) is 0 Å². The van der Waals surface area contributed by atoms with E-state index >= 15 is 0 Å². The molecule has 0 bridgehead atoms. The molecule has 2 N–H and O–H groups in total. The maximum absolute atomic E-state index is 5.05. The van der Waals surface area contributed by atoms with Crippen molar-refractivity contribution in [2.24, 2.45) is 5.73 Å². The molecule has 34 valence electrons. The van der Waals surface area contributed by atoms with Gasteiger partial charge in [-0.3, -0.25) is 0 Å². The summed E-state index contributed by atoms with van der Waals surface area (Å²) in [5.41, 5.74) is 6.06. The Balaban J connectivity index is 3.50. The van der Waals surface area contributed by atoms with E-state index in [4.69, 9.17) is 5.73 Å². The third-order valence-electron chi connectivity index (χ3n) is 0.585. The van der Waals surface area contributed by atoms with Crippen molar-refractivity contribution in [2.45, 2.75) is 6.92 Å². The van der Waals surface area contributed by atoms with Crippen LogP contribution in [0.4, 0.5) is 0 Å². The molecule has 0 saturated carbocycles. The van der Waals surface area contributed by atoms with Crippen molar-refractivity contribution >= 4 is 0 Å². The molecule has 0 aromatic carbocycles. The van der Waals surface area contributed by atoms with Gasteiger partial charge in [0.2, 0.25) is 0 Å². The summed E-state index contributed by atoms with van der Waals surface area (Å²) < 4.78 is 0. The topological polar surface area (TPSA) is 26.0 Å². The first kappa shape index (κ1) is 5.28. The van der Waals surface area contributed by atoms with Crippen LogP contribution in [-0.4, -0.2) is 0 Å². The molecule has 0 radical (unpaired) electrons. The molecule has 0 heterocycles. The van der Waals surface area contributed by atoms with E-state index in [1.165, 1.54) is 6.20 Å². The lowest BCUT2D eigenvalue weighted by Crippen LogP contribution is -1.78. The van der Waals surface area contributed by atoms with Crippen molar-refractivity contribution in [1.82, 2.24) is 0 Å². The largest absolute Gasteiger partial charge is 0.404 e. The van der Waals surface area contributed by atoms with Gasteiger partial charge in [-0.05, 0) is 18.7 Å². The smallest absolute Gasteiger partial charge is 0.00328 e. The normalized spacial score (nSPS) is 11.2. The predicted octanol–water partition coefficient (Wildman–Crippen LogP) is 1.03. The molecule has 6 heavy (non-hydrogen) atoms. The van der Waals surface area contributed by atoms with E-state index in [1.807, 2.05) is 6.92 Å². The van der Waals surface area contributed by atoms with Crippen LogP contribution in [0.25, 0.3) is 0 Å². The van der Waals surface area contributed by atoms with Gasteiger partial charge < -0.3 is 5.73 Å². The lowest BCUT2D eigenvalue weighted by Gasteiger charge is -1.78. The summed E-state index contributed by atoms with van der Waals surface area (Å²) in [7, 11) is 0. The van der Waals surface area contributed by atoms with Crippen LogP contribution in [0.2, 0.25) is 0 Å². The van der Waals surface area contributed by atoms with Crippen LogP contribution in [0.3, 0.4) is 0 Å². The van der Waals surface area contributed by atoms with Crippen LogP contribution in [0.1, 0.15) is 6.92 Å². The number of nitrogens with two attached hydrogens (primary N) is 1. The Hall–Kier alpha value is -0.720. The molecule has 0 unspecified atom stereocenters. The van der Waals surface area contributed by atoms with Gasteiger partial charge in [0, 0.05) is 0 Å². The molecule has 0 aromatic rings. The second-order valence-electron chi connectivity index (χ2n) is 1.11. The number of hydrogen-bond acceptors (Lipinski definition) is 1. The highest BCUT2D eigenvalue weighted by Gasteiger charge is 1.67. The van der Waals surface area contributed by atoms with Crippen molar-refractivity contribution < 1.29 is 0 Å². The predicted molar refractivity (Wildman–Crippen MR) is 28.1 cm³/mol. The monoisotopic (exact) mass is 83.1 g/mol. The SMILES string of the molecule is C=C/C(C)=C\N. The first-order chi connectivity index (χ1) is 2.81. The lowest BCUT2D eigenvalue weighted by molar-refractivity contribution is 1.44. The lowest BCUT2D eigenvalue weighted by atomic mass is 10.3. The standard InChI is InChI=1S/C5H9N/c1-3-5(2)4-6/h3-4H,1,6H2,2H3/b5-4-. The highest BCUT2D eigenvalue weighted by atomic mass is 14.5. The first-order valence-corrected chi connectivity index (χ1v) is 1.82. The van der Waals surface area contributed by atoms with Crippen molar-refractivity contribution in [3.05, 3.63) is 24.4 Å². The van der Waals surface area contributed by atoms with Gasteiger partial charge in [-0.2, -0.15) is 0 Å². The average molecular weight is 83.1 g/mol. The fraction of sp³-hybridized carbons (Fsp3) is 0.200. The zero-order valence-electron chi connectivity index (χ0n) is 3.94. The summed E-state index contributed by atoms with van der Waals surface area (Å²) in [5.74, 6) is 0. The summed E-state index contributed by atoms with van der Waals surface area (Å²) in [6, 6.07) is 0. The van der Waals surface area contributed by atoms with Crippen molar-refractivity contribution in [3.63, 3.8) is 0 Å². The Morgan fingerprint density at radius 3 is 2.33 bits per heavy atom. The van der Waals surface area contributed by atoms with Crippen LogP contribution >= 0.6 is 0 Å². The van der Waals surface area contributed by atoms with E-state index in [2.05, 4.69) is 6.58 Å². The van der Waals surface area contributed by atoms with E-state index in [1.54, 1.807) is 6.08 Å². The molecule has 0 amide bonds. The van der Waals surface area contributed by atoms with Gasteiger partial charge in [-0.25, -0.2) is 0 Å². The van der Waals surface area contributed by atoms with Crippen LogP contribution < -0.4 is 5.73 Å². The summed E-state index contributed by atoms with van der Waals surface area (Å²) in [4.78, 5) is 0. The first-order valence-electron chi connectivity index (χ1n) is 1.82. The van der Waals surface area contributed by atoms with E-state index in [9.17, 15) is 0 Å². The van der Waals surface area contributed by atoms with Crippen molar-refractivity contribution in [3.8, 4) is 0 Å². The van der Waals surface area contributed by atoms with Gasteiger partial charge >= 0.3 is 0 Å². The number of hydrogen-bond donors (Lipinski definition) is 1. The molecule has 0 aliphatic heterocycles. The van der Waals surface area contributed by atoms with E-state index in [-0.39, 0.29) is 0 Å². The third kappa shape index (κ3) is 1.58. The second-order valence-corrected chi connectivity index (χ2v) is 1.11. The minimum Gasteiger partial charge on any atom is -0.404 e. The van der Waals surface area contributed by atoms with Gasteiger partial charge in [-0.1, -0.05) is 12.7 Å². The molecule has 0 spiro atoms. The van der Waals surface area contributed by atoms with Crippen molar-refractivity contribution in [2.75, 3.05) is 0 Å². The molecule has 0 saturated heterocycles. The molecule has 0 aliphatic carbocycles. The number of rotatable bonds is 1. The molecular weight excluding hydrogens is 74.1 g/mol. The fourth-order valence-corrected chi connectivity index (χ4v) is 0.0680. The minimum absolute atomic E-state index is 1.01. The Labute approximate surface area is 38.2 Å². The Morgan fingerprint density at radius 1 is 1.83 bits per heavy atom. The molecule has 1 heteroatoms. The van der Waals surface area contributed by atoms with Gasteiger partial charge in [0.25, 0.3) is 0 Å². The Kier molecular flexibility index (Phi) is 2.21. The van der Waals surface area contributed by atoms with Gasteiger partial charge in [0.15, 0.2) is 0 Å². The highest BCUT2D eigenvalue weighted by Crippen LogP contribution is 1.84. The zero-order chi connectivity index (χ0) is 4.99. The van der Waals surface area contributed by atoms with Gasteiger partial charge in [0.05, 0.1) is 0 Å². The summed E-state index contributed by atoms with van der Waals surface area (Å²) in [5, 5.41) is 0. The van der Waals surface area contributed by atoms with E-state index in [0.717, 1.165) is 5.57 Å². The van der Waals surface area contributed by atoms with E-state index < -0.39 is 0 Å². The molecular formula is C5H9N. The molecule has 1 nitrogen and oxygen atoms in total. The van der Waals surface area contributed by atoms with Gasteiger partial charge in [0.1, 0.15) is 0 Å². The second kappa shape index (κ2) is 2.51. The summed E-state index contributed by atoms with van der Waals surface area (Å²) in [6.45, 7) is 5.38. The van der Waals surface area contributed by atoms with Crippen molar-refractivity contribution in [1.29, 1.82) is 0 Å². The molecule has 0 aromatic heterocycles. The zero-order valence-corrected chi connectivity index (χ0v) is 3.94. The fourth-order valence-electron chi connectivity index (χ4n) is 0.0680. The summed E-state index contributed by atoms with van der Waals surface area (Å²) in [6.07, 6.45) is 3.23. The average Bonchev–Trinajstić information content (AvgIpc) is 1.65. The Bertz CT molecular complexity index is 72.0. The number of allylic oxidation sites excluding steroid dienone is 2. The van der Waals surface area contributed by atoms with Crippen LogP contribution in [0.5, 0.6) is 0 Å².